The Kier molecular flexibility index (Phi) is 5.19. The molecule has 1 aromatic heterocycles. The first kappa shape index (κ1) is 12.9. The summed E-state index contributed by atoms with van der Waals surface area (Å²) in [7, 11) is 0. The maximum atomic E-state index is 11.7. The topological polar surface area (TPSA) is 54.9 Å². The summed E-state index contributed by atoms with van der Waals surface area (Å²) < 4.78 is 0. The molecule has 0 aromatic carbocycles. The van der Waals surface area contributed by atoms with E-state index in [2.05, 4.69) is 22.4 Å². The standard InChI is InChI=1S/C11H16ClN3O/c1-3-5-8(4-2)13-11(16)9-6-7-10(12)15-14-9/h6-8H,3-5H2,1-2H3,(H,13,16). The van der Waals surface area contributed by atoms with E-state index in [1.807, 2.05) is 6.92 Å². The van der Waals surface area contributed by atoms with Crippen LogP contribution in [-0.4, -0.2) is 22.1 Å². The molecule has 0 spiro atoms. The number of nitrogens with one attached hydrogen (secondary N) is 1. The van der Waals surface area contributed by atoms with Gasteiger partial charge >= 0.3 is 0 Å². The van der Waals surface area contributed by atoms with Gasteiger partial charge in [0.1, 0.15) is 0 Å². The van der Waals surface area contributed by atoms with E-state index in [-0.39, 0.29) is 17.1 Å². The number of aromatic nitrogens is 2. The summed E-state index contributed by atoms with van der Waals surface area (Å²) in [5.74, 6) is -0.190. The maximum Gasteiger partial charge on any atom is 0.272 e. The van der Waals surface area contributed by atoms with Gasteiger partial charge in [0, 0.05) is 6.04 Å². The second kappa shape index (κ2) is 6.43. The Morgan fingerprint density at radius 1 is 1.44 bits per heavy atom. The minimum atomic E-state index is -0.190. The lowest BCUT2D eigenvalue weighted by molar-refractivity contribution is 0.0927. The van der Waals surface area contributed by atoms with Gasteiger partial charge in [-0.2, -0.15) is 0 Å². The molecule has 0 bridgehead atoms. The van der Waals surface area contributed by atoms with Gasteiger partial charge in [-0.3, -0.25) is 4.79 Å². The Hall–Kier alpha value is -1.16. The van der Waals surface area contributed by atoms with Gasteiger partial charge in [0.05, 0.1) is 0 Å². The smallest absolute Gasteiger partial charge is 0.272 e. The van der Waals surface area contributed by atoms with Crippen molar-refractivity contribution < 1.29 is 4.79 Å². The number of amides is 1. The molecule has 1 atom stereocenters. The Balaban J connectivity index is 2.60. The Morgan fingerprint density at radius 2 is 2.19 bits per heavy atom. The van der Waals surface area contributed by atoms with Crippen molar-refractivity contribution in [2.24, 2.45) is 0 Å². The van der Waals surface area contributed by atoms with Crippen LogP contribution in [0.3, 0.4) is 0 Å². The summed E-state index contributed by atoms with van der Waals surface area (Å²) in [6.07, 6.45) is 2.94. The third kappa shape index (κ3) is 3.77. The number of halogens is 1. The highest BCUT2D eigenvalue weighted by atomic mass is 35.5. The van der Waals surface area contributed by atoms with Gasteiger partial charge in [-0.15, -0.1) is 10.2 Å². The SMILES string of the molecule is CCCC(CC)NC(=O)c1ccc(Cl)nn1. The second-order valence-electron chi connectivity index (χ2n) is 3.61. The van der Waals surface area contributed by atoms with Crippen molar-refractivity contribution in [1.82, 2.24) is 15.5 Å². The molecule has 1 aromatic rings. The third-order valence-corrected chi connectivity index (χ3v) is 2.53. The first-order chi connectivity index (χ1) is 7.67. The van der Waals surface area contributed by atoms with E-state index in [4.69, 9.17) is 11.6 Å². The molecule has 88 valence electrons. The molecule has 0 aliphatic heterocycles. The van der Waals surface area contributed by atoms with Crippen molar-refractivity contribution in [2.45, 2.75) is 39.2 Å². The Morgan fingerprint density at radius 3 is 2.69 bits per heavy atom. The number of hydrogen-bond donors (Lipinski definition) is 1. The number of hydrogen-bond acceptors (Lipinski definition) is 3. The monoisotopic (exact) mass is 241 g/mol. The second-order valence-corrected chi connectivity index (χ2v) is 4.00. The van der Waals surface area contributed by atoms with Crippen LogP contribution in [0, 0.1) is 0 Å². The predicted molar refractivity (Wildman–Crippen MR) is 63.5 cm³/mol. The fraction of sp³-hybridized carbons (Fsp3) is 0.545. The van der Waals surface area contributed by atoms with Crippen LogP contribution in [0.15, 0.2) is 12.1 Å². The summed E-state index contributed by atoms with van der Waals surface area (Å²) in [6, 6.07) is 3.34. The lowest BCUT2D eigenvalue weighted by atomic mass is 10.1. The van der Waals surface area contributed by atoms with E-state index in [1.54, 1.807) is 12.1 Å². The zero-order valence-corrected chi connectivity index (χ0v) is 10.3. The van der Waals surface area contributed by atoms with Gasteiger partial charge in [0.15, 0.2) is 10.8 Å². The van der Waals surface area contributed by atoms with Gasteiger partial charge < -0.3 is 5.32 Å². The Labute approximate surface area is 100 Å². The average molecular weight is 242 g/mol. The molecule has 1 amide bonds. The third-order valence-electron chi connectivity index (χ3n) is 2.33. The summed E-state index contributed by atoms with van der Waals surface area (Å²) in [5, 5.41) is 10.6. The summed E-state index contributed by atoms with van der Waals surface area (Å²) in [6.45, 7) is 4.14. The zero-order valence-electron chi connectivity index (χ0n) is 9.53. The quantitative estimate of drug-likeness (QED) is 0.862. The van der Waals surface area contributed by atoms with Crippen LogP contribution >= 0.6 is 11.6 Å². The molecule has 0 aliphatic carbocycles. The van der Waals surface area contributed by atoms with Crippen LogP contribution in [0.1, 0.15) is 43.6 Å². The van der Waals surface area contributed by atoms with Crippen LogP contribution < -0.4 is 5.32 Å². The average Bonchev–Trinajstić information content (AvgIpc) is 2.29. The van der Waals surface area contributed by atoms with Crippen molar-refractivity contribution in [3.8, 4) is 0 Å². The molecule has 16 heavy (non-hydrogen) atoms. The number of carbonyl (C=O) groups excluding carboxylic acids is 1. The molecular formula is C11H16ClN3O. The lowest BCUT2D eigenvalue weighted by Crippen LogP contribution is -2.34. The molecule has 0 radical (unpaired) electrons. The predicted octanol–water partition coefficient (Wildman–Crippen LogP) is 2.44. The molecule has 1 N–H and O–H groups in total. The molecule has 0 saturated heterocycles. The van der Waals surface area contributed by atoms with Crippen molar-refractivity contribution in [3.05, 3.63) is 23.0 Å². The lowest BCUT2D eigenvalue weighted by Gasteiger charge is -2.15. The van der Waals surface area contributed by atoms with Gasteiger partial charge in [-0.1, -0.05) is 31.9 Å². The van der Waals surface area contributed by atoms with Crippen molar-refractivity contribution in [1.29, 1.82) is 0 Å². The van der Waals surface area contributed by atoms with E-state index < -0.39 is 0 Å². The van der Waals surface area contributed by atoms with E-state index in [9.17, 15) is 4.79 Å². The molecule has 5 heteroatoms. The Bertz CT molecular complexity index is 340. The van der Waals surface area contributed by atoms with E-state index >= 15 is 0 Å². The van der Waals surface area contributed by atoms with Gasteiger partial charge in [-0.05, 0) is 25.0 Å². The summed E-state index contributed by atoms with van der Waals surface area (Å²) in [5.41, 5.74) is 0.305. The van der Waals surface area contributed by atoms with E-state index in [0.717, 1.165) is 19.3 Å². The number of nitrogens with zero attached hydrogens (tertiary/aromatic N) is 2. The van der Waals surface area contributed by atoms with Gasteiger partial charge in [-0.25, -0.2) is 0 Å². The summed E-state index contributed by atoms with van der Waals surface area (Å²) in [4.78, 5) is 11.7. The van der Waals surface area contributed by atoms with Crippen LogP contribution in [-0.2, 0) is 0 Å². The molecule has 0 saturated carbocycles. The first-order valence-electron chi connectivity index (χ1n) is 5.47. The highest BCUT2D eigenvalue weighted by Gasteiger charge is 2.12. The van der Waals surface area contributed by atoms with E-state index in [1.165, 1.54) is 0 Å². The molecule has 0 fully saturated rings. The molecule has 0 aliphatic rings. The number of carbonyl (C=O) groups is 1. The normalized spacial score (nSPS) is 12.2. The maximum absolute atomic E-state index is 11.7. The van der Waals surface area contributed by atoms with Crippen molar-refractivity contribution >= 4 is 17.5 Å². The van der Waals surface area contributed by atoms with Crippen LogP contribution in [0.2, 0.25) is 5.15 Å². The fourth-order valence-corrected chi connectivity index (χ4v) is 1.52. The minimum Gasteiger partial charge on any atom is -0.348 e. The van der Waals surface area contributed by atoms with E-state index in [0.29, 0.717) is 5.69 Å². The molecule has 4 nitrogen and oxygen atoms in total. The fourth-order valence-electron chi connectivity index (χ4n) is 1.42. The summed E-state index contributed by atoms with van der Waals surface area (Å²) >= 11 is 5.59. The van der Waals surface area contributed by atoms with Gasteiger partial charge in [0.25, 0.3) is 5.91 Å². The first-order valence-corrected chi connectivity index (χ1v) is 5.85. The van der Waals surface area contributed by atoms with Crippen molar-refractivity contribution in [2.75, 3.05) is 0 Å². The highest BCUT2D eigenvalue weighted by Crippen LogP contribution is 2.05. The zero-order chi connectivity index (χ0) is 12.0. The van der Waals surface area contributed by atoms with Crippen LogP contribution in [0.5, 0.6) is 0 Å². The molecule has 1 unspecified atom stereocenters. The molecular weight excluding hydrogens is 226 g/mol. The highest BCUT2D eigenvalue weighted by molar-refractivity contribution is 6.29. The molecule has 1 rings (SSSR count). The van der Waals surface area contributed by atoms with Crippen molar-refractivity contribution in [3.63, 3.8) is 0 Å². The van der Waals surface area contributed by atoms with Gasteiger partial charge in [0.2, 0.25) is 0 Å². The molecule has 1 heterocycles. The largest absolute Gasteiger partial charge is 0.348 e. The van der Waals surface area contributed by atoms with Crippen LogP contribution in [0.25, 0.3) is 0 Å². The number of rotatable bonds is 5. The van der Waals surface area contributed by atoms with Crippen LogP contribution in [0.4, 0.5) is 0 Å². The minimum absolute atomic E-state index is 0.190.